The summed E-state index contributed by atoms with van der Waals surface area (Å²) in [5.74, 6) is 1.59. The fourth-order valence-electron chi connectivity index (χ4n) is 3.25. The number of benzene rings is 2. The number of aromatic nitrogens is 4. The van der Waals surface area contributed by atoms with E-state index >= 15 is 0 Å². The van der Waals surface area contributed by atoms with Crippen molar-refractivity contribution in [3.8, 4) is 0 Å². The summed E-state index contributed by atoms with van der Waals surface area (Å²) in [5, 5.41) is 0. The smallest absolute Gasteiger partial charge is 0.230 e. The largest absolute Gasteiger partial charge is 0.323 e. The van der Waals surface area contributed by atoms with Gasteiger partial charge in [-0.3, -0.25) is 0 Å². The van der Waals surface area contributed by atoms with E-state index < -0.39 is 0 Å². The van der Waals surface area contributed by atoms with Crippen LogP contribution in [0, 0.1) is 0 Å². The van der Waals surface area contributed by atoms with Crippen LogP contribution in [-0.2, 0) is 13.1 Å². The van der Waals surface area contributed by atoms with Crippen LogP contribution in [0.15, 0.2) is 53.5 Å². The molecule has 0 N–H and O–H groups in total. The molecular weight excluding hydrogens is 310 g/mol. The Hall–Kier alpha value is -2.95. The zero-order valence-corrected chi connectivity index (χ0v) is 14.6. The molecule has 0 aliphatic carbocycles. The van der Waals surface area contributed by atoms with E-state index in [4.69, 9.17) is 4.98 Å². The molecule has 0 saturated carbocycles. The summed E-state index contributed by atoms with van der Waals surface area (Å²) in [6.45, 7) is 6.04. The topological polar surface area (TPSA) is 48.0 Å². The van der Waals surface area contributed by atoms with E-state index in [-0.39, 0.29) is 0 Å². The molecule has 2 aromatic heterocycles. The standard InChI is InChI=1S/C20H21N5/c1-3-13-25-18-12-8-6-10-16(18)23-20(25)21-14-19-22-15-9-5-7-11-17(15)24(19)4-2/h5-12,14H,3-4,13H2,1-2H3/b21-14+. The normalized spacial score (nSPS) is 11.9. The van der Waals surface area contributed by atoms with Crippen LogP contribution in [0.25, 0.3) is 22.1 Å². The van der Waals surface area contributed by atoms with Gasteiger partial charge in [0.15, 0.2) is 5.82 Å². The Morgan fingerprint density at radius 1 is 0.880 bits per heavy atom. The molecule has 0 amide bonds. The Balaban J connectivity index is 1.80. The van der Waals surface area contributed by atoms with Gasteiger partial charge in [-0.1, -0.05) is 31.2 Å². The van der Waals surface area contributed by atoms with Crippen molar-refractivity contribution in [3.63, 3.8) is 0 Å². The van der Waals surface area contributed by atoms with Gasteiger partial charge in [0, 0.05) is 13.1 Å². The Bertz CT molecular complexity index is 1050. The summed E-state index contributed by atoms with van der Waals surface area (Å²) in [6.07, 6.45) is 2.87. The number of rotatable bonds is 5. The lowest BCUT2D eigenvalue weighted by Gasteiger charge is -2.04. The zero-order valence-electron chi connectivity index (χ0n) is 14.6. The van der Waals surface area contributed by atoms with Gasteiger partial charge >= 0.3 is 0 Å². The van der Waals surface area contributed by atoms with Gasteiger partial charge in [-0.05, 0) is 37.6 Å². The van der Waals surface area contributed by atoms with Gasteiger partial charge in [0.25, 0.3) is 0 Å². The van der Waals surface area contributed by atoms with Crippen LogP contribution in [0.1, 0.15) is 26.1 Å². The third-order valence-electron chi connectivity index (χ3n) is 4.38. The van der Waals surface area contributed by atoms with Crippen molar-refractivity contribution in [2.24, 2.45) is 4.99 Å². The number of hydrogen-bond acceptors (Lipinski definition) is 3. The van der Waals surface area contributed by atoms with Crippen molar-refractivity contribution in [1.82, 2.24) is 19.1 Å². The molecule has 0 radical (unpaired) electrons. The highest BCUT2D eigenvalue weighted by Crippen LogP contribution is 2.22. The molecule has 4 rings (SSSR count). The molecule has 0 bridgehead atoms. The average Bonchev–Trinajstić information content (AvgIpc) is 3.18. The van der Waals surface area contributed by atoms with Crippen LogP contribution in [-0.4, -0.2) is 25.3 Å². The molecule has 0 saturated heterocycles. The van der Waals surface area contributed by atoms with Crippen molar-refractivity contribution in [2.45, 2.75) is 33.4 Å². The lowest BCUT2D eigenvalue weighted by Crippen LogP contribution is -2.01. The van der Waals surface area contributed by atoms with Gasteiger partial charge in [-0.25, -0.2) is 15.0 Å². The van der Waals surface area contributed by atoms with Gasteiger partial charge in [0.1, 0.15) is 0 Å². The molecule has 0 aliphatic rings. The fourth-order valence-corrected chi connectivity index (χ4v) is 3.25. The molecule has 5 heteroatoms. The number of imidazole rings is 2. The number of aliphatic imine (C=N–C) groups is 1. The van der Waals surface area contributed by atoms with Crippen LogP contribution >= 0.6 is 0 Å². The maximum Gasteiger partial charge on any atom is 0.230 e. The van der Waals surface area contributed by atoms with E-state index in [1.165, 1.54) is 0 Å². The number of nitrogens with zero attached hydrogens (tertiary/aromatic N) is 5. The van der Waals surface area contributed by atoms with Crippen LogP contribution in [0.5, 0.6) is 0 Å². The summed E-state index contributed by atoms with van der Waals surface area (Å²) in [5.41, 5.74) is 4.23. The van der Waals surface area contributed by atoms with Gasteiger partial charge in [0.2, 0.25) is 5.95 Å². The van der Waals surface area contributed by atoms with E-state index in [0.29, 0.717) is 0 Å². The first-order valence-corrected chi connectivity index (χ1v) is 8.76. The number of fused-ring (bicyclic) bond motifs is 2. The van der Waals surface area contributed by atoms with Gasteiger partial charge < -0.3 is 9.13 Å². The summed E-state index contributed by atoms with van der Waals surface area (Å²) in [7, 11) is 0. The second-order valence-electron chi connectivity index (χ2n) is 6.01. The van der Waals surface area contributed by atoms with E-state index in [1.807, 2.05) is 42.6 Å². The maximum atomic E-state index is 4.70. The molecule has 2 aromatic carbocycles. The van der Waals surface area contributed by atoms with Crippen molar-refractivity contribution >= 4 is 34.2 Å². The Morgan fingerprint density at radius 3 is 2.20 bits per heavy atom. The molecule has 4 aromatic rings. The minimum absolute atomic E-state index is 0.734. The van der Waals surface area contributed by atoms with Crippen LogP contribution in [0.4, 0.5) is 5.95 Å². The number of hydrogen-bond donors (Lipinski definition) is 0. The second kappa shape index (κ2) is 6.51. The highest BCUT2D eigenvalue weighted by atomic mass is 15.2. The molecule has 0 spiro atoms. The first-order chi connectivity index (χ1) is 12.3. The average molecular weight is 331 g/mol. The fraction of sp³-hybridized carbons (Fsp3) is 0.250. The van der Waals surface area contributed by atoms with Gasteiger partial charge in [0.05, 0.1) is 28.3 Å². The van der Waals surface area contributed by atoms with Crippen molar-refractivity contribution in [2.75, 3.05) is 0 Å². The third-order valence-corrected chi connectivity index (χ3v) is 4.38. The summed E-state index contributed by atoms with van der Waals surface area (Å²) < 4.78 is 4.34. The van der Waals surface area contributed by atoms with Gasteiger partial charge in [-0.15, -0.1) is 0 Å². The monoisotopic (exact) mass is 331 g/mol. The predicted molar refractivity (Wildman–Crippen MR) is 103 cm³/mol. The summed E-state index contributed by atoms with van der Waals surface area (Å²) in [4.78, 5) is 14.1. The molecular formula is C20H21N5. The summed E-state index contributed by atoms with van der Waals surface area (Å²) in [6, 6.07) is 16.4. The molecule has 5 nitrogen and oxygen atoms in total. The second-order valence-corrected chi connectivity index (χ2v) is 6.01. The molecule has 0 atom stereocenters. The lowest BCUT2D eigenvalue weighted by atomic mass is 10.3. The Labute approximate surface area is 146 Å². The third kappa shape index (κ3) is 2.71. The lowest BCUT2D eigenvalue weighted by molar-refractivity contribution is 0.700. The maximum absolute atomic E-state index is 4.70. The molecule has 2 heterocycles. The van der Waals surface area contributed by atoms with E-state index in [9.17, 15) is 0 Å². The Kier molecular flexibility index (Phi) is 4.06. The van der Waals surface area contributed by atoms with Gasteiger partial charge in [-0.2, -0.15) is 0 Å². The molecule has 0 fully saturated rings. The van der Waals surface area contributed by atoms with Crippen molar-refractivity contribution < 1.29 is 0 Å². The zero-order chi connectivity index (χ0) is 17.2. The predicted octanol–water partition coefficient (Wildman–Crippen LogP) is 4.57. The minimum atomic E-state index is 0.734. The van der Waals surface area contributed by atoms with E-state index in [0.717, 1.165) is 53.3 Å². The van der Waals surface area contributed by atoms with Crippen LogP contribution in [0.3, 0.4) is 0 Å². The van der Waals surface area contributed by atoms with E-state index in [1.54, 1.807) is 0 Å². The molecule has 25 heavy (non-hydrogen) atoms. The molecule has 126 valence electrons. The first-order valence-electron chi connectivity index (χ1n) is 8.76. The van der Waals surface area contributed by atoms with E-state index in [2.05, 4.69) is 45.1 Å². The highest BCUT2D eigenvalue weighted by molar-refractivity contribution is 5.86. The number of aryl methyl sites for hydroxylation is 2. The number of para-hydroxylation sites is 4. The minimum Gasteiger partial charge on any atom is -0.323 e. The molecule has 0 aliphatic heterocycles. The summed E-state index contributed by atoms with van der Waals surface area (Å²) >= 11 is 0. The van der Waals surface area contributed by atoms with Crippen LogP contribution in [0.2, 0.25) is 0 Å². The molecule has 0 unspecified atom stereocenters. The van der Waals surface area contributed by atoms with Crippen LogP contribution < -0.4 is 0 Å². The first kappa shape index (κ1) is 15.6. The van der Waals surface area contributed by atoms with Crippen molar-refractivity contribution in [1.29, 1.82) is 0 Å². The van der Waals surface area contributed by atoms with Crippen molar-refractivity contribution in [3.05, 3.63) is 54.4 Å². The Morgan fingerprint density at radius 2 is 1.52 bits per heavy atom. The SMILES string of the molecule is CCCn1c(/N=C/c2nc3ccccc3n2CC)nc2ccccc21. The highest BCUT2D eigenvalue weighted by Gasteiger charge is 2.10. The quantitative estimate of drug-likeness (QED) is 0.503.